The van der Waals surface area contributed by atoms with Crippen molar-refractivity contribution < 1.29 is 0 Å². The summed E-state index contributed by atoms with van der Waals surface area (Å²) in [5, 5.41) is 3.49. The van der Waals surface area contributed by atoms with E-state index in [2.05, 4.69) is 37.1 Å². The van der Waals surface area contributed by atoms with Crippen LogP contribution >= 0.6 is 0 Å². The molecule has 2 nitrogen and oxygen atoms in total. The first-order valence-corrected chi connectivity index (χ1v) is 6.28. The number of piperidine rings is 1. The minimum Gasteiger partial charge on any atom is -0.316 e. The summed E-state index contributed by atoms with van der Waals surface area (Å²) in [6, 6.07) is 0. The van der Waals surface area contributed by atoms with Crippen LogP contribution in [0.25, 0.3) is 0 Å². The van der Waals surface area contributed by atoms with Crippen molar-refractivity contribution in [3.05, 3.63) is 11.6 Å². The Morgan fingerprint density at radius 1 is 1.47 bits per heavy atom. The molecule has 1 rings (SSSR count). The molecular formula is C13H26N2. The number of rotatable bonds is 5. The van der Waals surface area contributed by atoms with Crippen LogP contribution in [0.1, 0.15) is 33.6 Å². The molecular weight excluding hydrogens is 184 g/mol. The van der Waals surface area contributed by atoms with Crippen molar-refractivity contribution in [3.8, 4) is 0 Å². The molecule has 0 amide bonds. The van der Waals surface area contributed by atoms with Gasteiger partial charge in [0.2, 0.25) is 0 Å². The molecule has 0 radical (unpaired) electrons. The van der Waals surface area contributed by atoms with Gasteiger partial charge in [0.05, 0.1) is 0 Å². The summed E-state index contributed by atoms with van der Waals surface area (Å²) in [5.74, 6) is 0.865. The topological polar surface area (TPSA) is 15.3 Å². The summed E-state index contributed by atoms with van der Waals surface area (Å²) in [7, 11) is 0. The Bertz CT molecular complexity index is 189. The summed E-state index contributed by atoms with van der Waals surface area (Å²) in [4.78, 5) is 2.55. The van der Waals surface area contributed by atoms with Crippen LogP contribution in [0.5, 0.6) is 0 Å². The summed E-state index contributed by atoms with van der Waals surface area (Å²) >= 11 is 0. The molecule has 0 saturated carbocycles. The fraction of sp³-hybridized carbons (Fsp3) is 0.846. The number of allylic oxidation sites excluding steroid dienone is 1. The summed E-state index contributed by atoms with van der Waals surface area (Å²) in [6.45, 7) is 12.6. The van der Waals surface area contributed by atoms with Gasteiger partial charge in [-0.05, 0) is 52.2 Å². The van der Waals surface area contributed by atoms with Crippen LogP contribution < -0.4 is 5.32 Å². The van der Waals surface area contributed by atoms with E-state index in [0.29, 0.717) is 0 Å². The fourth-order valence-corrected chi connectivity index (χ4v) is 2.09. The maximum Gasteiger partial charge on any atom is 0.0165 e. The van der Waals surface area contributed by atoms with E-state index in [1.54, 1.807) is 0 Å². The Hall–Kier alpha value is -0.340. The highest BCUT2D eigenvalue weighted by Crippen LogP contribution is 2.11. The van der Waals surface area contributed by atoms with Crippen molar-refractivity contribution in [1.29, 1.82) is 0 Å². The lowest BCUT2D eigenvalue weighted by molar-refractivity contribution is 0.233. The third kappa shape index (κ3) is 5.33. The minimum atomic E-state index is 0.865. The van der Waals surface area contributed by atoms with Gasteiger partial charge in [0.15, 0.2) is 0 Å². The van der Waals surface area contributed by atoms with Gasteiger partial charge in [0.25, 0.3) is 0 Å². The lowest BCUT2D eigenvalue weighted by atomic mass is 9.99. The molecule has 1 fully saturated rings. The smallest absolute Gasteiger partial charge is 0.0165 e. The number of hydrogen-bond acceptors (Lipinski definition) is 2. The second-order valence-corrected chi connectivity index (χ2v) is 4.85. The Labute approximate surface area is 94.7 Å². The molecule has 1 heterocycles. The van der Waals surface area contributed by atoms with Crippen molar-refractivity contribution in [1.82, 2.24) is 10.2 Å². The Balaban J connectivity index is 2.28. The van der Waals surface area contributed by atoms with E-state index in [9.17, 15) is 0 Å². The monoisotopic (exact) mass is 210 g/mol. The van der Waals surface area contributed by atoms with E-state index < -0.39 is 0 Å². The molecule has 2 heteroatoms. The van der Waals surface area contributed by atoms with E-state index in [1.165, 1.54) is 44.6 Å². The van der Waals surface area contributed by atoms with Gasteiger partial charge in [0.1, 0.15) is 0 Å². The van der Waals surface area contributed by atoms with E-state index >= 15 is 0 Å². The molecule has 0 bridgehead atoms. The van der Waals surface area contributed by atoms with Crippen molar-refractivity contribution in [3.63, 3.8) is 0 Å². The Morgan fingerprint density at radius 3 is 2.80 bits per heavy atom. The zero-order valence-electron chi connectivity index (χ0n) is 10.6. The summed E-state index contributed by atoms with van der Waals surface area (Å²) in [5.41, 5.74) is 1.43. The largest absolute Gasteiger partial charge is 0.316 e. The van der Waals surface area contributed by atoms with Gasteiger partial charge >= 0.3 is 0 Å². The number of nitrogens with one attached hydrogen (secondary N) is 1. The lowest BCUT2D eigenvalue weighted by Gasteiger charge is -2.28. The van der Waals surface area contributed by atoms with Gasteiger partial charge in [-0.3, -0.25) is 4.90 Å². The SMILES string of the molecule is CCN(CC=C(C)C)CC1CCCNC1. The van der Waals surface area contributed by atoms with Gasteiger partial charge in [0, 0.05) is 13.1 Å². The molecule has 1 unspecified atom stereocenters. The number of nitrogens with zero attached hydrogens (tertiary/aromatic N) is 1. The van der Waals surface area contributed by atoms with Crippen LogP contribution in [-0.4, -0.2) is 37.6 Å². The Kier molecular flexibility index (Phi) is 5.96. The minimum absolute atomic E-state index is 0.865. The number of hydrogen-bond donors (Lipinski definition) is 1. The molecule has 0 aliphatic carbocycles. The molecule has 1 aliphatic heterocycles. The van der Waals surface area contributed by atoms with Crippen LogP contribution in [0.2, 0.25) is 0 Å². The highest BCUT2D eigenvalue weighted by atomic mass is 15.1. The van der Waals surface area contributed by atoms with Crippen LogP contribution in [0.4, 0.5) is 0 Å². The van der Waals surface area contributed by atoms with E-state index in [1.807, 2.05) is 0 Å². The second-order valence-electron chi connectivity index (χ2n) is 4.85. The van der Waals surface area contributed by atoms with E-state index in [4.69, 9.17) is 0 Å². The third-order valence-electron chi connectivity index (χ3n) is 3.12. The van der Waals surface area contributed by atoms with Gasteiger partial charge in [-0.1, -0.05) is 18.6 Å². The van der Waals surface area contributed by atoms with Crippen molar-refractivity contribution in [2.45, 2.75) is 33.6 Å². The molecule has 88 valence electrons. The zero-order valence-corrected chi connectivity index (χ0v) is 10.6. The Morgan fingerprint density at radius 2 is 2.27 bits per heavy atom. The molecule has 1 aliphatic rings. The number of likely N-dealkylation sites (N-methyl/N-ethyl adjacent to an activating group) is 1. The molecule has 0 aromatic carbocycles. The average molecular weight is 210 g/mol. The molecule has 0 aromatic rings. The van der Waals surface area contributed by atoms with Crippen LogP contribution in [-0.2, 0) is 0 Å². The molecule has 1 atom stereocenters. The lowest BCUT2D eigenvalue weighted by Crippen LogP contribution is -2.38. The van der Waals surface area contributed by atoms with Crippen LogP contribution in [0.3, 0.4) is 0 Å². The molecule has 15 heavy (non-hydrogen) atoms. The molecule has 1 N–H and O–H groups in total. The fourth-order valence-electron chi connectivity index (χ4n) is 2.09. The van der Waals surface area contributed by atoms with Crippen molar-refractivity contribution >= 4 is 0 Å². The first-order valence-electron chi connectivity index (χ1n) is 6.28. The van der Waals surface area contributed by atoms with Gasteiger partial charge in [-0.15, -0.1) is 0 Å². The normalized spacial score (nSPS) is 21.7. The zero-order chi connectivity index (χ0) is 11.1. The predicted molar refractivity (Wildman–Crippen MR) is 67.1 cm³/mol. The predicted octanol–water partition coefficient (Wildman–Crippen LogP) is 2.27. The van der Waals surface area contributed by atoms with E-state index in [0.717, 1.165) is 12.5 Å². The van der Waals surface area contributed by atoms with Crippen molar-refractivity contribution in [2.75, 3.05) is 32.7 Å². The second kappa shape index (κ2) is 7.02. The van der Waals surface area contributed by atoms with Gasteiger partial charge < -0.3 is 5.32 Å². The van der Waals surface area contributed by atoms with Gasteiger partial charge in [-0.2, -0.15) is 0 Å². The average Bonchev–Trinajstić information content (AvgIpc) is 2.25. The molecule has 0 spiro atoms. The van der Waals surface area contributed by atoms with E-state index in [-0.39, 0.29) is 0 Å². The third-order valence-corrected chi connectivity index (χ3v) is 3.12. The van der Waals surface area contributed by atoms with Crippen LogP contribution in [0, 0.1) is 5.92 Å². The maximum atomic E-state index is 3.49. The summed E-state index contributed by atoms with van der Waals surface area (Å²) in [6.07, 6.45) is 5.09. The standard InChI is InChI=1S/C13H26N2/c1-4-15(9-7-12(2)3)11-13-6-5-8-14-10-13/h7,13-14H,4-6,8-11H2,1-3H3. The van der Waals surface area contributed by atoms with Crippen LogP contribution in [0.15, 0.2) is 11.6 Å². The quantitative estimate of drug-likeness (QED) is 0.700. The maximum absolute atomic E-state index is 3.49. The first-order chi connectivity index (χ1) is 7.22. The summed E-state index contributed by atoms with van der Waals surface area (Å²) < 4.78 is 0. The highest BCUT2D eigenvalue weighted by molar-refractivity contribution is 4.95. The van der Waals surface area contributed by atoms with Gasteiger partial charge in [-0.25, -0.2) is 0 Å². The first kappa shape index (κ1) is 12.7. The van der Waals surface area contributed by atoms with Crippen molar-refractivity contribution in [2.24, 2.45) is 5.92 Å². The highest BCUT2D eigenvalue weighted by Gasteiger charge is 2.15. The molecule has 0 aromatic heterocycles. The molecule has 1 saturated heterocycles.